The van der Waals surface area contributed by atoms with E-state index in [0.717, 1.165) is 10.0 Å². The monoisotopic (exact) mass is 414 g/mol. The topological polar surface area (TPSA) is 35.5 Å². The van der Waals surface area contributed by atoms with Crippen LogP contribution in [0.25, 0.3) is 6.08 Å². The van der Waals surface area contributed by atoms with Gasteiger partial charge < -0.3 is 9.47 Å². The molecule has 1 fully saturated rings. The standard InChI is InChI=1S/C22H23BrO3/c1-25-21-13-10-19(23)15-18(21)9-14-22(24)26-20-11-7-17(8-12-20)16-5-3-2-4-6-16/h7-16H,2-6H2,1H3/b14-9+. The number of esters is 1. The highest BCUT2D eigenvalue weighted by Gasteiger charge is 2.15. The molecule has 0 aromatic heterocycles. The molecule has 0 radical (unpaired) electrons. The van der Waals surface area contributed by atoms with Crippen LogP contribution in [0.1, 0.15) is 49.1 Å². The molecule has 0 spiro atoms. The van der Waals surface area contributed by atoms with Gasteiger partial charge in [0.25, 0.3) is 0 Å². The van der Waals surface area contributed by atoms with Gasteiger partial charge in [0.15, 0.2) is 0 Å². The fourth-order valence-corrected chi connectivity index (χ4v) is 3.77. The van der Waals surface area contributed by atoms with Crippen molar-refractivity contribution in [3.8, 4) is 11.5 Å². The molecule has 2 aromatic carbocycles. The maximum atomic E-state index is 12.1. The average molecular weight is 415 g/mol. The van der Waals surface area contributed by atoms with Crippen molar-refractivity contribution in [3.63, 3.8) is 0 Å². The molecule has 0 unspecified atom stereocenters. The zero-order chi connectivity index (χ0) is 18.4. The summed E-state index contributed by atoms with van der Waals surface area (Å²) in [6.07, 6.45) is 9.60. The fraction of sp³-hybridized carbons (Fsp3) is 0.318. The predicted octanol–water partition coefficient (Wildman–Crippen LogP) is 6.12. The van der Waals surface area contributed by atoms with Gasteiger partial charge in [0.1, 0.15) is 11.5 Å². The van der Waals surface area contributed by atoms with Gasteiger partial charge in [-0.1, -0.05) is 47.3 Å². The van der Waals surface area contributed by atoms with E-state index in [0.29, 0.717) is 17.4 Å². The molecule has 3 nitrogen and oxygen atoms in total. The summed E-state index contributed by atoms with van der Waals surface area (Å²) in [6.45, 7) is 0. The maximum absolute atomic E-state index is 12.1. The van der Waals surface area contributed by atoms with Gasteiger partial charge >= 0.3 is 5.97 Å². The van der Waals surface area contributed by atoms with E-state index in [1.54, 1.807) is 13.2 Å². The molecule has 0 aliphatic heterocycles. The van der Waals surface area contributed by atoms with Crippen molar-refractivity contribution >= 4 is 28.0 Å². The first-order valence-electron chi connectivity index (χ1n) is 8.99. The van der Waals surface area contributed by atoms with Crippen LogP contribution < -0.4 is 9.47 Å². The first-order valence-corrected chi connectivity index (χ1v) is 9.78. The van der Waals surface area contributed by atoms with E-state index in [1.807, 2.05) is 30.3 Å². The summed E-state index contributed by atoms with van der Waals surface area (Å²) >= 11 is 3.42. The number of methoxy groups -OCH3 is 1. The van der Waals surface area contributed by atoms with E-state index in [-0.39, 0.29) is 0 Å². The number of carbonyl (C=O) groups excluding carboxylic acids is 1. The van der Waals surface area contributed by atoms with Crippen LogP contribution >= 0.6 is 15.9 Å². The third-order valence-corrected chi connectivity index (χ3v) is 5.26. The van der Waals surface area contributed by atoms with E-state index in [2.05, 4.69) is 28.1 Å². The number of hydrogen-bond acceptors (Lipinski definition) is 3. The summed E-state index contributed by atoms with van der Waals surface area (Å²) in [5.74, 6) is 1.52. The van der Waals surface area contributed by atoms with Crippen molar-refractivity contribution in [2.45, 2.75) is 38.0 Å². The summed E-state index contributed by atoms with van der Waals surface area (Å²) in [5, 5.41) is 0. The summed E-state index contributed by atoms with van der Waals surface area (Å²) in [7, 11) is 1.60. The van der Waals surface area contributed by atoms with Crippen LogP contribution in [0.3, 0.4) is 0 Å². The van der Waals surface area contributed by atoms with Crippen LogP contribution in [0.15, 0.2) is 53.0 Å². The molecule has 4 heteroatoms. The minimum Gasteiger partial charge on any atom is -0.496 e. The van der Waals surface area contributed by atoms with Crippen LogP contribution in [-0.4, -0.2) is 13.1 Å². The van der Waals surface area contributed by atoms with Crippen molar-refractivity contribution < 1.29 is 14.3 Å². The molecule has 0 bridgehead atoms. The molecular weight excluding hydrogens is 392 g/mol. The molecule has 1 saturated carbocycles. The van der Waals surface area contributed by atoms with Crippen molar-refractivity contribution in [1.82, 2.24) is 0 Å². The molecular formula is C22H23BrO3. The average Bonchev–Trinajstić information content (AvgIpc) is 2.68. The first kappa shape index (κ1) is 18.7. The Labute approximate surface area is 163 Å². The van der Waals surface area contributed by atoms with E-state index in [4.69, 9.17) is 9.47 Å². The van der Waals surface area contributed by atoms with Gasteiger partial charge in [0, 0.05) is 16.1 Å². The van der Waals surface area contributed by atoms with E-state index < -0.39 is 5.97 Å². The Hall–Kier alpha value is -2.07. The number of rotatable bonds is 5. The summed E-state index contributed by atoms with van der Waals surface area (Å²) in [4.78, 5) is 12.1. The van der Waals surface area contributed by atoms with Crippen molar-refractivity contribution in [2.24, 2.45) is 0 Å². The number of ether oxygens (including phenoxy) is 2. The Kier molecular flexibility index (Phi) is 6.51. The van der Waals surface area contributed by atoms with Crippen molar-refractivity contribution in [3.05, 3.63) is 64.1 Å². The normalized spacial score (nSPS) is 15.2. The zero-order valence-electron chi connectivity index (χ0n) is 14.9. The second kappa shape index (κ2) is 9.04. The summed E-state index contributed by atoms with van der Waals surface area (Å²) in [6, 6.07) is 13.6. The van der Waals surface area contributed by atoms with E-state index >= 15 is 0 Å². The Morgan fingerprint density at radius 2 is 1.81 bits per heavy atom. The SMILES string of the molecule is COc1ccc(Br)cc1/C=C/C(=O)Oc1ccc(C2CCCCC2)cc1. The van der Waals surface area contributed by atoms with Gasteiger partial charge in [0.05, 0.1) is 7.11 Å². The lowest BCUT2D eigenvalue weighted by molar-refractivity contribution is -0.128. The minimum absolute atomic E-state index is 0.405. The highest BCUT2D eigenvalue weighted by molar-refractivity contribution is 9.10. The Balaban J connectivity index is 1.62. The van der Waals surface area contributed by atoms with Crippen LogP contribution in [-0.2, 0) is 4.79 Å². The van der Waals surface area contributed by atoms with Crippen LogP contribution in [0.2, 0.25) is 0 Å². The van der Waals surface area contributed by atoms with Gasteiger partial charge in [-0.2, -0.15) is 0 Å². The van der Waals surface area contributed by atoms with Gasteiger partial charge in [-0.05, 0) is 60.7 Å². The van der Waals surface area contributed by atoms with Crippen molar-refractivity contribution in [1.29, 1.82) is 0 Å². The molecule has 26 heavy (non-hydrogen) atoms. The minimum atomic E-state index is -0.405. The number of carbonyl (C=O) groups is 1. The van der Waals surface area contributed by atoms with Crippen LogP contribution in [0.5, 0.6) is 11.5 Å². The lowest BCUT2D eigenvalue weighted by Crippen LogP contribution is -2.06. The summed E-state index contributed by atoms with van der Waals surface area (Å²) < 4.78 is 11.6. The van der Waals surface area contributed by atoms with E-state index in [1.165, 1.54) is 43.7 Å². The van der Waals surface area contributed by atoms with Gasteiger partial charge in [-0.25, -0.2) is 4.79 Å². The molecule has 0 N–H and O–H groups in total. The predicted molar refractivity (Wildman–Crippen MR) is 108 cm³/mol. The van der Waals surface area contributed by atoms with Gasteiger partial charge in [0.2, 0.25) is 0 Å². The number of benzene rings is 2. The van der Waals surface area contributed by atoms with Crippen LogP contribution in [0.4, 0.5) is 0 Å². The molecule has 0 saturated heterocycles. The Morgan fingerprint density at radius 1 is 1.08 bits per heavy atom. The van der Waals surface area contributed by atoms with Gasteiger partial charge in [-0.15, -0.1) is 0 Å². The highest BCUT2D eigenvalue weighted by Crippen LogP contribution is 2.33. The molecule has 1 aliphatic rings. The molecule has 136 valence electrons. The lowest BCUT2D eigenvalue weighted by atomic mass is 9.84. The Morgan fingerprint density at radius 3 is 2.50 bits per heavy atom. The second-order valence-corrected chi connectivity index (χ2v) is 7.46. The maximum Gasteiger partial charge on any atom is 0.336 e. The second-order valence-electron chi connectivity index (χ2n) is 6.54. The fourth-order valence-electron chi connectivity index (χ4n) is 3.39. The zero-order valence-corrected chi connectivity index (χ0v) is 16.5. The third-order valence-electron chi connectivity index (χ3n) is 4.77. The largest absolute Gasteiger partial charge is 0.496 e. The van der Waals surface area contributed by atoms with Crippen molar-refractivity contribution in [2.75, 3.05) is 7.11 Å². The summed E-state index contributed by atoms with van der Waals surface area (Å²) in [5.41, 5.74) is 2.16. The van der Waals surface area contributed by atoms with Gasteiger partial charge in [-0.3, -0.25) is 0 Å². The smallest absolute Gasteiger partial charge is 0.336 e. The molecule has 2 aromatic rings. The molecule has 0 amide bonds. The quantitative estimate of drug-likeness (QED) is 0.335. The van der Waals surface area contributed by atoms with Crippen LogP contribution in [0, 0.1) is 0 Å². The van der Waals surface area contributed by atoms with E-state index in [9.17, 15) is 4.79 Å². The highest BCUT2D eigenvalue weighted by atomic mass is 79.9. The molecule has 0 atom stereocenters. The Bertz CT molecular complexity index is 774. The third kappa shape index (κ3) is 4.98. The number of hydrogen-bond donors (Lipinski definition) is 0. The molecule has 3 rings (SSSR count). The number of halogens is 1. The molecule has 1 aliphatic carbocycles. The first-order chi connectivity index (χ1) is 12.7. The molecule has 0 heterocycles. The lowest BCUT2D eigenvalue weighted by Gasteiger charge is -2.21.